The Hall–Kier alpha value is -7.56. The number of nitrogens with zero attached hydrogens (tertiary/aromatic N) is 6. The number of nitrogens with one attached hydrogen (secondary N) is 5. The standard InChI is InChI=1S/C58H79FN12O11/c1-9-44(38-13-11-10-12-14-38)66-55(75)46-31-41(34-70(46)57(77)52(58(4,5)6)67-54(74)36(2)62-7)65-50(73)18-22-79-24-26-81-28-27-80-25-23-78-21-17-49(72)63-19-20-71-47(32-60)51-39-29-48(53(61)64-33-39)82-37(3)43-30-40(59)15-16-42(43)56(76)69(8)35-45(51)68-71/h10-16,29-30,33,36-37,41,44,46,52,62H,9,17-28,31,34-35H2,1-8H3,(H2,61,64)(H,63,72)(H,65,73)(H,66,75)(H,67,74)/t36-,37+,41-,44+,46-,52+/m0/s1. The van der Waals surface area contributed by atoms with Crippen LogP contribution in [0.2, 0.25) is 0 Å². The van der Waals surface area contributed by atoms with E-state index >= 15 is 0 Å². The Balaban J connectivity index is 0.860. The maximum absolute atomic E-state index is 14.4. The number of likely N-dealkylation sites (N-methyl/N-ethyl adjacent to an activating group) is 1. The van der Waals surface area contributed by atoms with E-state index in [-0.39, 0.29) is 138 Å². The van der Waals surface area contributed by atoms with Gasteiger partial charge in [-0.05, 0) is 69.0 Å². The van der Waals surface area contributed by atoms with E-state index in [2.05, 4.69) is 42.7 Å². The fourth-order valence-electron chi connectivity index (χ4n) is 9.51. The number of fused-ring (bicyclic) bond motifs is 5. The number of nitriles is 1. The molecule has 1 fully saturated rings. The van der Waals surface area contributed by atoms with Gasteiger partial charge in [-0.1, -0.05) is 58.0 Å². The van der Waals surface area contributed by atoms with Crippen molar-refractivity contribution >= 4 is 41.3 Å². The van der Waals surface area contributed by atoms with E-state index in [0.29, 0.717) is 42.0 Å². The number of amides is 6. The Kier molecular flexibility index (Phi) is 23.6. The number of aromatic nitrogens is 3. The average molecular weight is 1140 g/mol. The van der Waals surface area contributed by atoms with Crippen molar-refractivity contribution in [2.45, 2.75) is 117 Å². The summed E-state index contributed by atoms with van der Waals surface area (Å²) in [5, 5.41) is 29.8. The number of carbonyl (C=O) groups is 6. The minimum Gasteiger partial charge on any atom is -0.482 e. The van der Waals surface area contributed by atoms with Crippen molar-refractivity contribution in [2.75, 3.05) is 85.8 Å². The Morgan fingerprint density at radius 3 is 2.20 bits per heavy atom. The number of likely N-dealkylation sites (tertiary alicyclic amines) is 1. The second kappa shape index (κ2) is 30.5. The minimum atomic E-state index is -0.939. The summed E-state index contributed by atoms with van der Waals surface area (Å²) >= 11 is 0. The topological polar surface area (TPSA) is 296 Å². The first-order chi connectivity index (χ1) is 39.2. The molecule has 24 heteroatoms. The van der Waals surface area contributed by atoms with Gasteiger partial charge in [-0.15, -0.1) is 0 Å². The SMILES string of the molecule is CC[C@@H](NC(=O)[C@@H]1C[C@H](NC(=O)CCOCCOCCOCCOCCC(=O)NCCn2nc3c(c2C#N)-c2cnc(N)c(c2)O[C@H](C)c2cc(F)ccc2C(=O)N(C)C3)CN1C(=O)[C@@H](NC(=O)[C@H](C)NC)C(C)(C)C)c1ccccc1. The number of ether oxygens (including phenoxy) is 5. The van der Waals surface area contributed by atoms with Gasteiger partial charge in [0, 0.05) is 67.5 Å². The second-order valence-corrected chi connectivity index (χ2v) is 21.3. The van der Waals surface area contributed by atoms with Crippen LogP contribution in [0.15, 0.2) is 60.8 Å². The molecule has 23 nitrogen and oxygen atoms in total. The summed E-state index contributed by atoms with van der Waals surface area (Å²) in [4.78, 5) is 88.1. The molecule has 0 spiro atoms. The first kappa shape index (κ1) is 63.6. The molecule has 2 aromatic carbocycles. The third kappa shape index (κ3) is 17.5. The van der Waals surface area contributed by atoms with Crippen LogP contribution in [0.4, 0.5) is 10.2 Å². The molecule has 2 bridgehead atoms. The van der Waals surface area contributed by atoms with Crippen molar-refractivity contribution in [2.24, 2.45) is 5.41 Å². The highest BCUT2D eigenvalue weighted by Crippen LogP contribution is 2.36. The number of halogens is 1. The number of carbonyl (C=O) groups excluding carboxylic acids is 6. The van der Waals surface area contributed by atoms with Crippen molar-refractivity contribution in [3.63, 3.8) is 0 Å². The third-order valence-corrected chi connectivity index (χ3v) is 14.1. The fourth-order valence-corrected chi connectivity index (χ4v) is 9.51. The Morgan fingerprint density at radius 2 is 1.57 bits per heavy atom. The van der Waals surface area contributed by atoms with E-state index in [1.54, 1.807) is 34.0 Å². The van der Waals surface area contributed by atoms with Crippen molar-refractivity contribution in [3.05, 3.63) is 94.7 Å². The number of hydrogen-bond acceptors (Lipinski definition) is 16. The summed E-state index contributed by atoms with van der Waals surface area (Å²) in [7, 11) is 3.24. The van der Waals surface area contributed by atoms with Gasteiger partial charge >= 0.3 is 0 Å². The molecule has 6 amide bonds. The van der Waals surface area contributed by atoms with Gasteiger partial charge in [-0.3, -0.25) is 33.4 Å². The zero-order valence-corrected chi connectivity index (χ0v) is 48.2. The number of pyridine rings is 1. The van der Waals surface area contributed by atoms with Crippen LogP contribution in [0.1, 0.15) is 112 Å². The number of anilines is 1. The molecular formula is C58H79FN12O11. The van der Waals surface area contributed by atoms with Crippen molar-refractivity contribution in [1.82, 2.24) is 51.1 Å². The molecule has 4 aromatic rings. The van der Waals surface area contributed by atoms with Crippen LogP contribution >= 0.6 is 0 Å². The smallest absolute Gasteiger partial charge is 0.254 e. The largest absolute Gasteiger partial charge is 0.482 e. The van der Waals surface area contributed by atoms with Gasteiger partial charge in [-0.2, -0.15) is 10.4 Å². The summed E-state index contributed by atoms with van der Waals surface area (Å²) in [6.07, 6.45) is 1.65. The highest BCUT2D eigenvalue weighted by atomic mass is 19.1. The molecule has 0 aliphatic carbocycles. The molecule has 4 heterocycles. The van der Waals surface area contributed by atoms with Crippen LogP contribution in [0.5, 0.6) is 5.75 Å². The predicted molar refractivity (Wildman–Crippen MR) is 301 cm³/mol. The summed E-state index contributed by atoms with van der Waals surface area (Å²) in [6, 6.07) is 14.1. The van der Waals surface area contributed by atoms with Crippen LogP contribution in [0.25, 0.3) is 11.1 Å². The summed E-state index contributed by atoms with van der Waals surface area (Å²) in [5.41, 5.74) is 8.45. The molecule has 6 rings (SSSR count). The van der Waals surface area contributed by atoms with Crippen molar-refractivity contribution in [1.29, 1.82) is 5.26 Å². The predicted octanol–water partition coefficient (Wildman–Crippen LogP) is 3.72. The van der Waals surface area contributed by atoms with Gasteiger partial charge in [0.05, 0.1) is 83.7 Å². The van der Waals surface area contributed by atoms with Gasteiger partial charge in [0.25, 0.3) is 5.91 Å². The molecule has 7 N–H and O–H groups in total. The molecule has 2 aromatic heterocycles. The molecule has 2 aliphatic rings. The molecule has 0 unspecified atom stereocenters. The third-order valence-electron chi connectivity index (χ3n) is 14.1. The lowest BCUT2D eigenvalue weighted by Gasteiger charge is -2.36. The Bertz CT molecular complexity index is 2880. The second-order valence-electron chi connectivity index (χ2n) is 21.3. The summed E-state index contributed by atoms with van der Waals surface area (Å²) in [6.45, 7) is 13.1. The number of nitrogen functional groups attached to an aromatic ring is 1. The quantitative estimate of drug-likeness (QED) is 0.0464. The van der Waals surface area contributed by atoms with Gasteiger partial charge < -0.3 is 65.8 Å². The Labute approximate surface area is 478 Å². The van der Waals surface area contributed by atoms with E-state index in [4.69, 9.17) is 29.4 Å². The van der Waals surface area contributed by atoms with Gasteiger partial charge in [0.15, 0.2) is 11.6 Å². The van der Waals surface area contributed by atoms with Crippen LogP contribution < -0.4 is 37.1 Å². The number of hydrogen-bond donors (Lipinski definition) is 6. The maximum Gasteiger partial charge on any atom is 0.254 e. The molecule has 2 aliphatic heterocycles. The summed E-state index contributed by atoms with van der Waals surface area (Å²) in [5.74, 6) is -2.36. The number of nitrogens with two attached hydrogens (primary N) is 1. The zero-order chi connectivity index (χ0) is 59.5. The molecule has 6 atom stereocenters. The van der Waals surface area contributed by atoms with Crippen LogP contribution in [-0.2, 0) is 56.0 Å². The molecule has 444 valence electrons. The van der Waals surface area contributed by atoms with E-state index < -0.39 is 53.3 Å². The molecule has 82 heavy (non-hydrogen) atoms. The van der Waals surface area contributed by atoms with E-state index in [1.165, 1.54) is 38.9 Å². The molecule has 0 saturated carbocycles. The number of benzene rings is 2. The molecule has 1 saturated heterocycles. The molecule has 0 radical (unpaired) electrons. The van der Waals surface area contributed by atoms with Crippen molar-refractivity contribution in [3.8, 4) is 22.9 Å². The lowest BCUT2D eigenvalue weighted by atomic mass is 9.85. The van der Waals surface area contributed by atoms with E-state index in [9.17, 15) is 38.4 Å². The lowest BCUT2D eigenvalue weighted by Crippen LogP contribution is -2.59. The summed E-state index contributed by atoms with van der Waals surface area (Å²) < 4.78 is 44.4. The monoisotopic (exact) mass is 1140 g/mol. The van der Waals surface area contributed by atoms with E-state index in [1.807, 2.05) is 58.0 Å². The van der Waals surface area contributed by atoms with Crippen LogP contribution in [0, 0.1) is 22.6 Å². The van der Waals surface area contributed by atoms with E-state index in [0.717, 1.165) is 5.56 Å². The number of rotatable bonds is 27. The fraction of sp³-hybridized carbons (Fsp3) is 0.534. The van der Waals surface area contributed by atoms with Gasteiger partial charge in [0.1, 0.15) is 35.8 Å². The van der Waals surface area contributed by atoms with Gasteiger partial charge in [0.2, 0.25) is 29.5 Å². The first-order valence-corrected chi connectivity index (χ1v) is 27.7. The lowest BCUT2D eigenvalue weighted by molar-refractivity contribution is -0.144. The highest BCUT2D eigenvalue weighted by Gasteiger charge is 2.46. The van der Waals surface area contributed by atoms with Crippen molar-refractivity contribution < 1.29 is 56.8 Å². The zero-order valence-electron chi connectivity index (χ0n) is 48.2. The average Bonchev–Trinajstić information content (AvgIpc) is 4.26. The minimum absolute atomic E-state index is 0.0000220. The van der Waals surface area contributed by atoms with Gasteiger partial charge in [-0.25, -0.2) is 9.37 Å². The first-order valence-electron chi connectivity index (χ1n) is 27.7. The molecular weight excluding hydrogens is 1060 g/mol. The Morgan fingerprint density at radius 1 is 0.927 bits per heavy atom. The van der Waals surface area contributed by atoms with Crippen LogP contribution in [-0.4, -0.2) is 164 Å². The normalized spacial score (nSPS) is 17.2. The highest BCUT2D eigenvalue weighted by molar-refractivity contribution is 5.96. The van der Waals surface area contributed by atoms with Crippen LogP contribution in [0.3, 0.4) is 0 Å². The maximum atomic E-state index is 14.4.